The largest absolute Gasteiger partial charge is 0.314 e. The van der Waals surface area contributed by atoms with Crippen LogP contribution in [0.3, 0.4) is 0 Å². The number of nitrogens with one attached hydrogen (secondary N) is 2. The van der Waals surface area contributed by atoms with Crippen LogP contribution in [-0.4, -0.2) is 25.7 Å². The molecule has 1 saturated heterocycles. The second kappa shape index (κ2) is 5.29. The first-order chi connectivity index (χ1) is 7.36. The normalized spacial score (nSPS) is 21.5. The zero-order valence-corrected chi connectivity index (χ0v) is 9.42. The maximum atomic E-state index is 3.55. The predicted octanol–water partition coefficient (Wildman–Crippen LogP) is 1.49. The summed E-state index contributed by atoms with van der Waals surface area (Å²) in [6.45, 7) is 5.53. The molecular weight excluding hydrogens is 184 g/mol. The van der Waals surface area contributed by atoms with Crippen LogP contribution in [0, 0.1) is 6.92 Å². The molecule has 0 bridgehead atoms. The van der Waals surface area contributed by atoms with Crippen LogP contribution in [0.2, 0.25) is 0 Å². The molecule has 2 heteroatoms. The lowest BCUT2D eigenvalue weighted by atomic mass is 10.0. The average Bonchev–Trinajstić information content (AvgIpc) is 2.29. The second-order valence-electron chi connectivity index (χ2n) is 4.32. The Labute approximate surface area is 92.1 Å². The van der Waals surface area contributed by atoms with Crippen LogP contribution >= 0.6 is 0 Å². The molecule has 0 radical (unpaired) electrons. The van der Waals surface area contributed by atoms with E-state index in [4.69, 9.17) is 0 Å². The Balaban J connectivity index is 1.84. The van der Waals surface area contributed by atoms with Crippen molar-refractivity contribution in [3.05, 3.63) is 35.4 Å². The lowest BCUT2D eigenvalue weighted by Gasteiger charge is -2.24. The van der Waals surface area contributed by atoms with Crippen LogP contribution in [0.1, 0.15) is 17.5 Å². The second-order valence-corrected chi connectivity index (χ2v) is 4.32. The van der Waals surface area contributed by atoms with Crippen LogP contribution in [0.25, 0.3) is 0 Å². The summed E-state index contributed by atoms with van der Waals surface area (Å²) >= 11 is 0. The van der Waals surface area contributed by atoms with Crippen molar-refractivity contribution in [1.29, 1.82) is 0 Å². The molecule has 0 aromatic heterocycles. The van der Waals surface area contributed by atoms with E-state index in [-0.39, 0.29) is 0 Å². The molecule has 1 heterocycles. The van der Waals surface area contributed by atoms with E-state index in [1.54, 1.807) is 0 Å². The summed E-state index contributed by atoms with van der Waals surface area (Å²) < 4.78 is 0. The van der Waals surface area contributed by atoms with E-state index in [0.29, 0.717) is 6.04 Å². The molecule has 1 aliphatic heterocycles. The topological polar surface area (TPSA) is 24.1 Å². The zero-order chi connectivity index (χ0) is 10.5. The highest BCUT2D eigenvalue weighted by molar-refractivity contribution is 5.25. The van der Waals surface area contributed by atoms with Gasteiger partial charge in [-0.25, -0.2) is 0 Å². The third-order valence-corrected chi connectivity index (χ3v) is 3.15. The van der Waals surface area contributed by atoms with Gasteiger partial charge >= 0.3 is 0 Å². The molecule has 1 aliphatic rings. The van der Waals surface area contributed by atoms with Gasteiger partial charge in [-0.1, -0.05) is 24.3 Å². The Kier molecular flexibility index (Phi) is 3.75. The third-order valence-electron chi connectivity index (χ3n) is 3.15. The van der Waals surface area contributed by atoms with Crippen LogP contribution < -0.4 is 10.6 Å². The molecule has 1 fully saturated rings. The maximum absolute atomic E-state index is 3.55. The van der Waals surface area contributed by atoms with E-state index < -0.39 is 0 Å². The zero-order valence-electron chi connectivity index (χ0n) is 9.42. The van der Waals surface area contributed by atoms with Crippen LogP contribution in [-0.2, 0) is 6.42 Å². The van der Waals surface area contributed by atoms with Gasteiger partial charge in [0, 0.05) is 25.7 Å². The van der Waals surface area contributed by atoms with Gasteiger partial charge in [-0.3, -0.25) is 0 Å². The third kappa shape index (κ3) is 3.05. The first-order valence-electron chi connectivity index (χ1n) is 5.85. The van der Waals surface area contributed by atoms with Crippen molar-refractivity contribution in [3.8, 4) is 0 Å². The van der Waals surface area contributed by atoms with Gasteiger partial charge in [0.05, 0.1) is 0 Å². The quantitative estimate of drug-likeness (QED) is 0.779. The summed E-state index contributed by atoms with van der Waals surface area (Å²) in [5.74, 6) is 0. The molecule has 82 valence electrons. The Bertz CT molecular complexity index is 303. The SMILES string of the molecule is Cc1ccccc1CC[C@H]1CNCCN1. The van der Waals surface area contributed by atoms with Gasteiger partial charge in [-0.15, -0.1) is 0 Å². The van der Waals surface area contributed by atoms with E-state index in [1.807, 2.05) is 0 Å². The number of benzene rings is 1. The molecule has 0 unspecified atom stereocenters. The summed E-state index contributed by atoms with van der Waals surface area (Å²) in [6, 6.07) is 9.33. The molecule has 15 heavy (non-hydrogen) atoms. The monoisotopic (exact) mass is 204 g/mol. The average molecular weight is 204 g/mol. The molecule has 2 nitrogen and oxygen atoms in total. The molecule has 2 rings (SSSR count). The summed E-state index contributed by atoms with van der Waals surface area (Å²) in [5.41, 5.74) is 2.91. The lowest BCUT2D eigenvalue weighted by molar-refractivity contribution is 0.399. The van der Waals surface area contributed by atoms with Crippen LogP contribution in [0.15, 0.2) is 24.3 Å². The fourth-order valence-corrected chi connectivity index (χ4v) is 2.14. The molecule has 0 saturated carbocycles. The lowest BCUT2D eigenvalue weighted by Crippen LogP contribution is -2.48. The van der Waals surface area contributed by atoms with Gasteiger partial charge in [0.1, 0.15) is 0 Å². The van der Waals surface area contributed by atoms with Gasteiger partial charge in [0.25, 0.3) is 0 Å². The van der Waals surface area contributed by atoms with Gasteiger partial charge in [-0.05, 0) is 30.9 Å². The Morgan fingerprint density at radius 2 is 2.13 bits per heavy atom. The van der Waals surface area contributed by atoms with Crippen molar-refractivity contribution in [2.45, 2.75) is 25.8 Å². The Morgan fingerprint density at radius 1 is 1.27 bits per heavy atom. The van der Waals surface area contributed by atoms with E-state index >= 15 is 0 Å². The standard InChI is InChI=1S/C13H20N2/c1-11-4-2-3-5-12(11)6-7-13-10-14-8-9-15-13/h2-5,13-15H,6-10H2,1H3/t13-/m0/s1. The van der Waals surface area contributed by atoms with Crippen LogP contribution in [0.4, 0.5) is 0 Å². The maximum Gasteiger partial charge on any atom is 0.0196 e. The molecule has 1 atom stereocenters. The van der Waals surface area contributed by atoms with E-state index in [2.05, 4.69) is 41.8 Å². The van der Waals surface area contributed by atoms with E-state index in [1.165, 1.54) is 24.0 Å². The van der Waals surface area contributed by atoms with Gasteiger partial charge in [0.2, 0.25) is 0 Å². The summed E-state index contributed by atoms with van der Waals surface area (Å²) in [4.78, 5) is 0. The van der Waals surface area contributed by atoms with Crippen molar-refractivity contribution in [2.75, 3.05) is 19.6 Å². The minimum absolute atomic E-state index is 0.651. The number of hydrogen-bond acceptors (Lipinski definition) is 2. The summed E-state index contributed by atoms with van der Waals surface area (Å²) in [5, 5.41) is 6.97. The van der Waals surface area contributed by atoms with Crippen molar-refractivity contribution < 1.29 is 0 Å². The van der Waals surface area contributed by atoms with E-state index in [0.717, 1.165) is 19.6 Å². The fourth-order valence-electron chi connectivity index (χ4n) is 2.14. The molecule has 0 amide bonds. The minimum Gasteiger partial charge on any atom is -0.314 e. The van der Waals surface area contributed by atoms with Crippen molar-refractivity contribution in [1.82, 2.24) is 10.6 Å². The molecule has 2 N–H and O–H groups in total. The highest BCUT2D eigenvalue weighted by Crippen LogP contribution is 2.10. The van der Waals surface area contributed by atoms with Gasteiger partial charge in [-0.2, -0.15) is 0 Å². The first kappa shape index (κ1) is 10.7. The highest BCUT2D eigenvalue weighted by atomic mass is 15.0. The molecule has 1 aromatic rings. The molecule has 0 aliphatic carbocycles. The first-order valence-corrected chi connectivity index (χ1v) is 5.85. The number of piperazine rings is 1. The molecule has 1 aromatic carbocycles. The predicted molar refractivity (Wildman–Crippen MR) is 64.2 cm³/mol. The minimum atomic E-state index is 0.651. The van der Waals surface area contributed by atoms with Gasteiger partial charge in [0.15, 0.2) is 0 Å². The Morgan fingerprint density at radius 3 is 2.87 bits per heavy atom. The highest BCUT2D eigenvalue weighted by Gasteiger charge is 2.11. The van der Waals surface area contributed by atoms with Crippen molar-refractivity contribution >= 4 is 0 Å². The van der Waals surface area contributed by atoms with Crippen molar-refractivity contribution in [3.63, 3.8) is 0 Å². The van der Waals surface area contributed by atoms with Gasteiger partial charge < -0.3 is 10.6 Å². The molecule has 0 spiro atoms. The summed E-state index contributed by atoms with van der Waals surface area (Å²) in [7, 11) is 0. The Hall–Kier alpha value is -0.860. The number of aryl methyl sites for hydroxylation is 2. The van der Waals surface area contributed by atoms with E-state index in [9.17, 15) is 0 Å². The smallest absolute Gasteiger partial charge is 0.0196 e. The molecular formula is C13H20N2. The summed E-state index contributed by atoms with van der Waals surface area (Å²) in [6.07, 6.45) is 2.42. The fraction of sp³-hybridized carbons (Fsp3) is 0.538. The van der Waals surface area contributed by atoms with Crippen molar-refractivity contribution in [2.24, 2.45) is 0 Å². The number of rotatable bonds is 3. The number of hydrogen-bond donors (Lipinski definition) is 2. The van der Waals surface area contributed by atoms with Crippen LogP contribution in [0.5, 0.6) is 0 Å².